The number of halogens is 3. The van der Waals surface area contributed by atoms with Crippen molar-refractivity contribution in [3.05, 3.63) is 88.0 Å². The van der Waals surface area contributed by atoms with Crippen molar-refractivity contribution in [1.82, 2.24) is 20.1 Å². The van der Waals surface area contributed by atoms with Crippen LogP contribution in [0.1, 0.15) is 47.8 Å². The van der Waals surface area contributed by atoms with E-state index in [-0.39, 0.29) is 22.9 Å². The Hall–Kier alpha value is -4.15. The largest absolute Gasteiger partial charge is 0.454 e. The van der Waals surface area contributed by atoms with Gasteiger partial charge in [-0.25, -0.2) is 13.9 Å². The molecule has 0 aliphatic heterocycles. The summed E-state index contributed by atoms with van der Waals surface area (Å²) < 4.78 is 22.0. The third kappa shape index (κ3) is 6.35. The number of urea groups is 1. The molecule has 3 amide bonds. The highest BCUT2D eigenvalue weighted by Gasteiger charge is 2.23. The van der Waals surface area contributed by atoms with Crippen molar-refractivity contribution in [3.8, 4) is 17.2 Å². The molecule has 0 atom stereocenters. The molecule has 4 aromatic rings. The summed E-state index contributed by atoms with van der Waals surface area (Å²) in [4.78, 5) is 28.7. The number of ether oxygens (including phenoxy) is 1. The van der Waals surface area contributed by atoms with Gasteiger partial charge in [-0.15, -0.1) is 0 Å². The van der Waals surface area contributed by atoms with Crippen molar-refractivity contribution in [2.45, 2.75) is 31.6 Å². The summed E-state index contributed by atoms with van der Waals surface area (Å²) in [5, 5.41) is 13.5. The predicted octanol–water partition coefficient (Wildman–Crippen LogP) is 7.17. The van der Waals surface area contributed by atoms with Gasteiger partial charge in [0.2, 0.25) is 0 Å². The van der Waals surface area contributed by atoms with Crippen molar-refractivity contribution >= 4 is 46.6 Å². The minimum atomic E-state index is -0.710. The molecule has 0 saturated heterocycles. The first-order chi connectivity index (χ1) is 19.3. The molecule has 12 heteroatoms. The summed E-state index contributed by atoms with van der Waals surface area (Å²) in [5.41, 5.74) is 1.80. The van der Waals surface area contributed by atoms with Gasteiger partial charge in [0.15, 0.2) is 11.6 Å². The molecule has 9 nitrogen and oxygen atoms in total. The van der Waals surface area contributed by atoms with Gasteiger partial charge in [-0.3, -0.25) is 15.1 Å². The van der Waals surface area contributed by atoms with E-state index in [2.05, 4.69) is 20.9 Å². The van der Waals surface area contributed by atoms with Gasteiger partial charge in [-0.2, -0.15) is 5.10 Å². The number of hydrogen-bond donors (Lipinski definition) is 3. The first-order valence-electron chi connectivity index (χ1n) is 12.6. The predicted molar refractivity (Wildman–Crippen MR) is 152 cm³/mol. The van der Waals surface area contributed by atoms with E-state index >= 15 is 0 Å². The van der Waals surface area contributed by atoms with Crippen LogP contribution >= 0.6 is 23.2 Å². The van der Waals surface area contributed by atoms with E-state index in [1.54, 1.807) is 22.9 Å². The SMILES string of the molecule is CNC(=O)c1cc(Oc2ccc(NC(=O)Nc3cc(C4CCCC4)nn3-c3cc(Cl)cc(Cl)c3)cc2F)ccn1. The van der Waals surface area contributed by atoms with Crippen LogP contribution in [0, 0.1) is 5.82 Å². The number of aromatic nitrogens is 3. The molecule has 0 spiro atoms. The third-order valence-electron chi connectivity index (χ3n) is 6.44. The maximum absolute atomic E-state index is 14.8. The minimum absolute atomic E-state index is 0.0860. The summed E-state index contributed by atoms with van der Waals surface area (Å²) in [6.07, 6.45) is 5.70. The fourth-order valence-electron chi connectivity index (χ4n) is 4.56. The summed E-state index contributed by atoms with van der Waals surface area (Å²) >= 11 is 12.4. The lowest BCUT2D eigenvalue weighted by Gasteiger charge is -2.12. The Morgan fingerprint density at radius 3 is 2.45 bits per heavy atom. The molecule has 1 aliphatic carbocycles. The molecule has 206 valence electrons. The molecule has 0 unspecified atom stereocenters. The second-order valence-electron chi connectivity index (χ2n) is 9.26. The van der Waals surface area contributed by atoms with E-state index in [1.807, 2.05) is 6.07 Å². The maximum atomic E-state index is 14.8. The van der Waals surface area contributed by atoms with E-state index in [4.69, 9.17) is 33.0 Å². The number of amides is 3. The quantitative estimate of drug-likeness (QED) is 0.214. The van der Waals surface area contributed by atoms with E-state index in [9.17, 15) is 14.0 Å². The van der Waals surface area contributed by atoms with Gasteiger partial charge in [-0.1, -0.05) is 36.0 Å². The highest BCUT2D eigenvalue weighted by atomic mass is 35.5. The zero-order valence-electron chi connectivity index (χ0n) is 21.4. The van der Waals surface area contributed by atoms with Crippen molar-refractivity contribution in [2.24, 2.45) is 0 Å². The minimum Gasteiger partial charge on any atom is -0.454 e. The number of pyridine rings is 1. The van der Waals surface area contributed by atoms with Crippen LogP contribution in [0.2, 0.25) is 10.0 Å². The molecule has 2 aromatic carbocycles. The Morgan fingerprint density at radius 1 is 1.00 bits per heavy atom. The van der Waals surface area contributed by atoms with Gasteiger partial charge >= 0.3 is 6.03 Å². The number of nitrogens with one attached hydrogen (secondary N) is 3. The van der Waals surface area contributed by atoms with Crippen molar-refractivity contribution in [1.29, 1.82) is 0 Å². The van der Waals surface area contributed by atoms with Crippen molar-refractivity contribution in [2.75, 3.05) is 17.7 Å². The smallest absolute Gasteiger partial charge is 0.324 e. The second-order valence-corrected chi connectivity index (χ2v) is 10.1. The van der Waals surface area contributed by atoms with Gasteiger partial charge in [0, 0.05) is 53.1 Å². The molecule has 2 aromatic heterocycles. The van der Waals surface area contributed by atoms with Gasteiger partial charge in [0.25, 0.3) is 5.91 Å². The maximum Gasteiger partial charge on any atom is 0.324 e. The number of nitrogens with zero attached hydrogens (tertiary/aromatic N) is 3. The van der Waals surface area contributed by atoms with Crippen LogP contribution in [0.15, 0.2) is 60.8 Å². The van der Waals surface area contributed by atoms with Crippen LogP contribution < -0.4 is 20.7 Å². The van der Waals surface area contributed by atoms with Crippen molar-refractivity contribution in [3.63, 3.8) is 0 Å². The van der Waals surface area contributed by atoms with Crippen LogP contribution in [0.5, 0.6) is 11.5 Å². The molecule has 2 heterocycles. The average Bonchev–Trinajstić information content (AvgIpc) is 3.60. The Bertz CT molecular complexity index is 1550. The highest BCUT2D eigenvalue weighted by molar-refractivity contribution is 6.34. The lowest BCUT2D eigenvalue weighted by Crippen LogP contribution is -2.21. The fraction of sp³-hybridized carbons (Fsp3) is 0.214. The number of anilines is 2. The van der Waals surface area contributed by atoms with Crippen LogP contribution in [0.3, 0.4) is 0 Å². The Morgan fingerprint density at radius 2 is 1.75 bits per heavy atom. The number of carbonyl (C=O) groups is 2. The summed E-state index contributed by atoms with van der Waals surface area (Å²) in [6.45, 7) is 0. The lowest BCUT2D eigenvalue weighted by molar-refractivity contribution is 0.0958. The normalized spacial score (nSPS) is 13.2. The number of carbonyl (C=O) groups excluding carboxylic acids is 2. The zero-order valence-corrected chi connectivity index (χ0v) is 22.9. The van der Waals surface area contributed by atoms with Crippen LogP contribution in [0.25, 0.3) is 5.69 Å². The number of rotatable bonds is 7. The van der Waals surface area contributed by atoms with Gasteiger partial charge in [-0.05, 0) is 49.2 Å². The Balaban J connectivity index is 1.32. The number of benzene rings is 2. The molecule has 3 N–H and O–H groups in total. The van der Waals surface area contributed by atoms with E-state index in [0.717, 1.165) is 37.4 Å². The summed E-state index contributed by atoms with van der Waals surface area (Å²) in [6, 6.07) is 13.2. The molecular weight excluding hydrogens is 558 g/mol. The Labute approximate surface area is 239 Å². The lowest BCUT2D eigenvalue weighted by atomic mass is 10.0. The topological polar surface area (TPSA) is 110 Å². The molecular formula is C28H25Cl2FN6O3. The zero-order chi connectivity index (χ0) is 28.2. The first-order valence-corrected chi connectivity index (χ1v) is 13.3. The standard InChI is InChI=1S/C28H25Cl2FN6O3/c1-32-27(38)24-14-21(8-9-33-24)40-25-7-6-19(13-22(25)31)34-28(39)35-26-15-23(16-4-2-3-5-16)36-37(26)20-11-17(29)10-18(30)12-20/h6-16H,2-5H2,1H3,(H,32,38)(H2,34,35,39). The van der Waals surface area contributed by atoms with E-state index in [0.29, 0.717) is 27.5 Å². The molecule has 5 rings (SSSR count). The molecule has 0 radical (unpaired) electrons. The Kier molecular flexibility index (Phi) is 8.18. The van der Waals surface area contributed by atoms with Crippen molar-refractivity contribution < 1.29 is 18.7 Å². The summed E-state index contributed by atoms with van der Waals surface area (Å²) in [5.74, 6) is -0.239. The second kappa shape index (κ2) is 11.9. The molecule has 1 aliphatic rings. The first kappa shape index (κ1) is 27.4. The van der Waals surface area contributed by atoms with E-state index in [1.165, 1.54) is 37.5 Å². The molecule has 1 saturated carbocycles. The van der Waals surface area contributed by atoms with Crippen LogP contribution in [-0.2, 0) is 0 Å². The highest BCUT2D eigenvalue weighted by Crippen LogP contribution is 2.36. The van der Waals surface area contributed by atoms with Gasteiger partial charge in [0.1, 0.15) is 17.3 Å². The van der Waals surface area contributed by atoms with Gasteiger partial charge < -0.3 is 15.4 Å². The molecule has 40 heavy (non-hydrogen) atoms. The fourth-order valence-corrected chi connectivity index (χ4v) is 5.08. The molecule has 0 bridgehead atoms. The van der Waals surface area contributed by atoms with Gasteiger partial charge in [0.05, 0.1) is 11.4 Å². The van der Waals surface area contributed by atoms with E-state index < -0.39 is 17.8 Å². The summed E-state index contributed by atoms with van der Waals surface area (Å²) in [7, 11) is 1.48. The van der Waals surface area contributed by atoms with Crippen LogP contribution in [0.4, 0.5) is 20.7 Å². The molecule has 1 fully saturated rings. The number of hydrogen-bond acceptors (Lipinski definition) is 5. The monoisotopic (exact) mass is 582 g/mol. The third-order valence-corrected chi connectivity index (χ3v) is 6.88. The van der Waals surface area contributed by atoms with Crippen LogP contribution in [-0.4, -0.2) is 33.8 Å². The average molecular weight is 583 g/mol.